The third kappa shape index (κ3) is 3.26. The molecule has 0 saturated heterocycles. The van der Waals surface area contributed by atoms with Gasteiger partial charge in [-0.25, -0.2) is 13.1 Å². The first-order valence-electron chi connectivity index (χ1n) is 6.65. The summed E-state index contributed by atoms with van der Waals surface area (Å²) in [4.78, 5) is 0.288. The quantitative estimate of drug-likeness (QED) is 0.760. The molecule has 1 aliphatic carbocycles. The van der Waals surface area contributed by atoms with Gasteiger partial charge in [-0.3, -0.25) is 0 Å². The molecule has 1 aliphatic rings. The van der Waals surface area contributed by atoms with E-state index in [1.807, 2.05) is 6.07 Å². The van der Waals surface area contributed by atoms with Crippen molar-refractivity contribution in [2.45, 2.75) is 43.2 Å². The summed E-state index contributed by atoms with van der Waals surface area (Å²) in [6.45, 7) is 2.14. The van der Waals surface area contributed by atoms with Crippen LogP contribution in [-0.2, 0) is 10.0 Å². The Balaban J connectivity index is 2.26. The smallest absolute Gasteiger partial charge is 0.242 e. The standard InChI is InChI=1S/C13H21N3O2S/c1-2-15-19(17,18)13-9-4-3-7-12(13)16-11-8-5-6-10(11)14/h3-4,7,9-11,15-16H,2,5-6,8,14H2,1H3. The zero-order valence-electron chi connectivity index (χ0n) is 11.1. The van der Waals surface area contributed by atoms with Gasteiger partial charge < -0.3 is 11.1 Å². The van der Waals surface area contributed by atoms with Crippen LogP contribution in [0.5, 0.6) is 0 Å². The molecule has 6 heteroatoms. The van der Waals surface area contributed by atoms with Crippen LogP contribution in [0.3, 0.4) is 0 Å². The Morgan fingerprint density at radius 1 is 1.32 bits per heavy atom. The minimum absolute atomic E-state index is 0.0925. The summed E-state index contributed by atoms with van der Waals surface area (Å²) < 4.78 is 26.8. The van der Waals surface area contributed by atoms with E-state index in [1.165, 1.54) is 0 Å². The van der Waals surface area contributed by atoms with Crippen molar-refractivity contribution in [3.05, 3.63) is 24.3 Å². The third-order valence-corrected chi connectivity index (χ3v) is 5.02. The second-order valence-corrected chi connectivity index (χ2v) is 6.58. The van der Waals surface area contributed by atoms with Gasteiger partial charge in [-0.1, -0.05) is 19.1 Å². The van der Waals surface area contributed by atoms with Crippen LogP contribution in [0.15, 0.2) is 29.2 Å². The maximum atomic E-state index is 12.1. The number of hydrogen-bond acceptors (Lipinski definition) is 4. The number of anilines is 1. The molecule has 0 aliphatic heterocycles. The summed E-state index contributed by atoms with van der Waals surface area (Å²) >= 11 is 0. The van der Waals surface area contributed by atoms with Crippen molar-refractivity contribution in [2.75, 3.05) is 11.9 Å². The molecule has 1 saturated carbocycles. The van der Waals surface area contributed by atoms with E-state index in [-0.39, 0.29) is 17.0 Å². The molecule has 2 rings (SSSR count). The molecule has 0 radical (unpaired) electrons. The van der Waals surface area contributed by atoms with Gasteiger partial charge in [0.15, 0.2) is 0 Å². The van der Waals surface area contributed by atoms with Crippen molar-refractivity contribution >= 4 is 15.7 Å². The van der Waals surface area contributed by atoms with E-state index in [4.69, 9.17) is 5.73 Å². The highest BCUT2D eigenvalue weighted by Gasteiger charge is 2.26. The predicted octanol–water partition coefficient (Wildman–Crippen LogP) is 1.28. The summed E-state index contributed by atoms with van der Waals surface area (Å²) in [5, 5.41) is 3.28. The number of hydrogen-bond donors (Lipinski definition) is 3. The molecule has 0 bridgehead atoms. The van der Waals surface area contributed by atoms with Crippen molar-refractivity contribution in [3.8, 4) is 0 Å². The fraction of sp³-hybridized carbons (Fsp3) is 0.538. The van der Waals surface area contributed by atoms with E-state index in [0.29, 0.717) is 12.2 Å². The van der Waals surface area contributed by atoms with E-state index in [1.54, 1.807) is 25.1 Å². The van der Waals surface area contributed by atoms with Crippen LogP contribution in [0.4, 0.5) is 5.69 Å². The first-order valence-corrected chi connectivity index (χ1v) is 8.13. The van der Waals surface area contributed by atoms with E-state index in [2.05, 4.69) is 10.0 Å². The molecule has 1 aromatic carbocycles. The number of rotatable bonds is 5. The second-order valence-electron chi connectivity index (χ2n) is 4.84. The third-order valence-electron chi connectivity index (χ3n) is 3.42. The zero-order chi connectivity index (χ0) is 13.9. The van der Waals surface area contributed by atoms with Crippen molar-refractivity contribution in [3.63, 3.8) is 0 Å². The largest absolute Gasteiger partial charge is 0.380 e. The molecule has 0 spiro atoms. The lowest BCUT2D eigenvalue weighted by Crippen LogP contribution is -2.36. The Bertz CT molecular complexity index is 530. The lowest BCUT2D eigenvalue weighted by molar-refractivity contribution is 0.583. The molecule has 2 atom stereocenters. The summed E-state index contributed by atoms with van der Waals surface area (Å²) in [7, 11) is -3.45. The van der Waals surface area contributed by atoms with Crippen LogP contribution in [0.1, 0.15) is 26.2 Å². The molecule has 4 N–H and O–H groups in total. The minimum atomic E-state index is -3.45. The molecule has 19 heavy (non-hydrogen) atoms. The first kappa shape index (κ1) is 14.3. The van der Waals surface area contributed by atoms with Crippen molar-refractivity contribution in [1.29, 1.82) is 0 Å². The highest BCUT2D eigenvalue weighted by molar-refractivity contribution is 7.89. The lowest BCUT2D eigenvalue weighted by atomic mass is 10.2. The number of nitrogens with two attached hydrogens (primary N) is 1. The summed E-state index contributed by atoms with van der Waals surface area (Å²) in [6, 6.07) is 7.20. The minimum Gasteiger partial charge on any atom is -0.380 e. The van der Waals surface area contributed by atoms with E-state index in [9.17, 15) is 8.42 Å². The summed E-state index contributed by atoms with van der Waals surface area (Å²) in [5.74, 6) is 0. The Morgan fingerprint density at radius 2 is 2.05 bits per heavy atom. The van der Waals surface area contributed by atoms with Gasteiger partial charge in [0.2, 0.25) is 10.0 Å². The van der Waals surface area contributed by atoms with Crippen LogP contribution in [0.2, 0.25) is 0 Å². The number of para-hydroxylation sites is 1. The molecular weight excluding hydrogens is 262 g/mol. The van der Waals surface area contributed by atoms with Gasteiger partial charge in [-0.15, -0.1) is 0 Å². The molecule has 0 aromatic heterocycles. The Kier molecular flexibility index (Phi) is 4.44. The molecule has 5 nitrogen and oxygen atoms in total. The lowest BCUT2D eigenvalue weighted by Gasteiger charge is -2.20. The molecule has 0 amide bonds. The average Bonchev–Trinajstić information content (AvgIpc) is 2.75. The topological polar surface area (TPSA) is 84.2 Å². The normalized spacial score (nSPS) is 23.5. The van der Waals surface area contributed by atoms with Gasteiger partial charge in [0.25, 0.3) is 0 Å². The maximum Gasteiger partial charge on any atom is 0.242 e. The molecule has 2 unspecified atom stereocenters. The van der Waals surface area contributed by atoms with Gasteiger partial charge >= 0.3 is 0 Å². The van der Waals surface area contributed by atoms with E-state index >= 15 is 0 Å². The molecule has 1 aromatic rings. The summed E-state index contributed by atoms with van der Waals surface area (Å²) in [6.07, 6.45) is 3.05. The first-order chi connectivity index (χ1) is 9.04. The van der Waals surface area contributed by atoms with Crippen molar-refractivity contribution in [2.24, 2.45) is 5.73 Å². The fourth-order valence-corrected chi connectivity index (χ4v) is 3.67. The van der Waals surface area contributed by atoms with E-state index in [0.717, 1.165) is 19.3 Å². The van der Waals surface area contributed by atoms with Crippen molar-refractivity contribution in [1.82, 2.24) is 4.72 Å². The molecule has 0 heterocycles. The van der Waals surface area contributed by atoms with Gasteiger partial charge in [-0.2, -0.15) is 0 Å². The maximum absolute atomic E-state index is 12.1. The van der Waals surface area contributed by atoms with Crippen LogP contribution >= 0.6 is 0 Å². The van der Waals surface area contributed by atoms with Crippen LogP contribution in [0.25, 0.3) is 0 Å². The number of sulfonamides is 1. The average molecular weight is 283 g/mol. The summed E-state index contributed by atoms with van der Waals surface area (Å²) in [5.41, 5.74) is 6.65. The van der Waals surface area contributed by atoms with Gasteiger partial charge in [0.05, 0.1) is 5.69 Å². The van der Waals surface area contributed by atoms with E-state index < -0.39 is 10.0 Å². The fourth-order valence-electron chi connectivity index (χ4n) is 2.46. The zero-order valence-corrected chi connectivity index (χ0v) is 11.9. The van der Waals surface area contributed by atoms with Gasteiger partial charge in [0, 0.05) is 18.6 Å². The molecule has 106 valence electrons. The van der Waals surface area contributed by atoms with Crippen LogP contribution < -0.4 is 15.8 Å². The molecule has 1 fully saturated rings. The molecular formula is C13H21N3O2S. The Hall–Kier alpha value is -1.11. The highest BCUT2D eigenvalue weighted by atomic mass is 32.2. The SMILES string of the molecule is CCNS(=O)(=O)c1ccccc1NC1CCCC1N. The predicted molar refractivity (Wildman–Crippen MR) is 76.5 cm³/mol. The van der Waals surface area contributed by atoms with Crippen LogP contribution in [0, 0.1) is 0 Å². The monoisotopic (exact) mass is 283 g/mol. The highest BCUT2D eigenvalue weighted by Crippen LogP contribution is 2.26. The number of nitrogens with one attached hydrogen (secondary N) is 2. The Labute approximate surface area is 114 Å². The Morgan fingerprint density at radius 3 is 2.68 bits per heavy atom. The second kappa shape index (κ2) is 5.90. The van der Waals surface area contributed by atoms with Gasteiger partial charge in [0.1, 0.15) is 4.90 Å². The van der Waals surface area contributed by atoms with Crippen LogP contribution in [-0.4, -0.2) is 27.0 Å². The van der Waals surface area contributed by atoms with Gasteiger partial charge in [-0.05, 0) is 31.4 Å². The number of benzene rings is 1. The van der Waals surface area contributed by atoms with Crippen molar-refractivity contribution < 1.29 is 8.42 Å².